The summed E-state index contributed by atoms with van der Waals surface area (Å²) in [6.45, 7) is 13.7. The van der Waals surface area contributed by atoms with Gasteiger partial charge in [0.25, 0.3) is 0 Å². The highest BCUT2D eigenvalue weighted by Gasteiger charge is 2.52. The minimum absolute atomic E-state index is 0.100. The summed E-state index contributed by atoms with van der Waals surface area (Å²) >= 11 is 0. The Labute approximate surface area is 235 Å². The van der Waals surface area contributed by atoms with Crippen LogP contribution in [0.1, 0.15) is 58.9 Å². The van der Waals surface area contributed by atoms with E-state index < -0.39 is 5.31 Å². The molecule has 1 heterocycles. The van der Waals surface area contributed by atoms with Gasteiger partial charge in [0.2, 0.25) is 19.0 Å². The highest BCUT2D eigenvalue weighted by atomic mass is 16.2. The molecule has 4 rings (SSSR count). The summed E-state index contributed by atoms with van der Waals surface area (Å²) in [6.07, 6.45) is 5.68. The smallest absolute Gasteiger partial charge is 0.218 e. The Kier molecular flexibility index (Phi) is 13.9. The Morgan fingerprint density at radius 3 is 2.36 bits per heavy atom. The molecule has 1 atom stereocenters. The summed E-state index contributed by atoms with van der Waals surface area (Å²) in [5.41, 5.74) is 3.64. The number of amides is 2. The SMILES string of the molecule is C=C(CC)NCCCC1(CCNC=O)B(c2ccccc2)CNC1=O.CC.CCc1cccc2ccccc12. The molecule has 0 aromatic heterocycles. The average Bonchev–Trinajstić information content (AvgIpc) is 3.32. The average molecular weight is 528 g/mol. The molecule has 1 aliphatic heterocycles. The van der Waals surface area contributed by atoms with Crippen molar-refractivity contribution in [1.29, 1.82) is 0 Å². The van der Waals surface area contributed by atoms with Gasteiger partial charge in [0, 0.05) is 30.5 Å². The Morgan fingerprint density at radius 1 is 0.974 bits per heavy atom. The third kappa shape index (κ3) is 8.74. The highest BCUT2D eigenvalue weighted by molar-refractivity contribution is 6.81. The molecule has 1 unspecified atom stereocenters. The molecule has 1 saturated heterocycles. The van der Waals surface area contributed by atoms with Crippen LogP contribution in [0.15, 0.2) is 85.1 Å². The van der Waals surface area contributed by atoms with Crippen molar-refractivity contribution in [3.8, 4) is 0 Å². The van der Waals surface area contributed by atoms with E-state index in [0.29, 0.717) is 25.8 Å². The molecule has 1 fully saturated rings. The highest BCUT2D eigenvalue weighted by Crippen LogP contribution is 2.42. The molecular weight excluding hydrogens is 481 g/mol. The van der Waals surface area contributed by atoms with Crippen molar-refractivity contribution in [3.05, 3.63) is 90.6 Å². The first kappa shape index (κ1) is 31.7. The topological polar surface area (TPSA) is 70.2 Å². The van der Waals surface area contributed by atoms with E-state index >= 15 is 0 Å². The van der Waals surface area contributed by atoms with Crippen molar-refractivity contribution < 1.29 is 9.59 Å². The lowest BCUT2D eigenvalue weighted by Crippen LogP contribution is -2.45. The van der Waals surface area contributed by atoms with E-state index in [-0.39, 0.29) is 12.6 Å². The fraction of sp³-hybridized carbons (Fsp3) is 0.394. The van der Waals surface area contributed by atoms with Crippen molar-refractivity contribution in [2.45, 2.75) is 65.1 Å². The molecule has 2 amide bonds. The fourth-order valence-electron chi connectivity index (χ4n) is 5.30. The van der Waals surface area contributed by atoms with Gasteiger partial charge in [0.05, 0.1) is 0 Å². The first-order valence-electron chi connectivity index (χ1n) is 14.4. The van der Waals surface area contributed by atoms with Crippen molar-refractivity contribution in [2.75, 3.05) is 19.5 Å². The van der Waals surface area contributed by atoms with E-state index in [4.69, 9.17) is 0 Å². The van der Waals surface area contributed by atoms with Gasteiger partial charge in [-0.15, -0.1) is 0 Å². The molecular formula is C33H46BN3O2. The maximum absolute atomic E-state index is 12.8. The molecule has 208 valence electrons. The van der Waals surface area contributed by atoms with Crippen LogP contribution < -0.4 is 21.4 Å². The van der Waals surface area contributed by atoms with Crippen molar-refractivity contribution in [3.63, 3.8) is 0 Å². The summed E-state index contributed by atoms with van der Waals surface area (Å²) in [6, 6.07) is 25.2. The molecule has 39 heavy (non-hydrogen) atoms. The second-order valence-corrected chi connectivity index (χ2v) is 9.63. The summed E-state index contributed by atoms with van der Waals surface area (Å²) in [7, 11) is 0. The number of aryl methyl sites for hydroxylation is 1. The summed E-state index contributed by atoms with van der Waals surface area (Å²) in [5.74, 6) is 0.100. The Morgan fingerprint density at radius 2 is 1.67 bits per heavy atom. The van der Waals surface area contributed by atoms with Crippen LogP contribution in [0, 0.1) is 0 Å². The molecule has 3 aromatic carbocycles. The van der Waals surface area contributed by atoms with Gasteiger partial charge < -0.3 is 16.0 Å². The van der Waals surface area contributed by atoms with Crippen LogP contribution in [0.2, 0.25) is 5.31 Å². The number of carbonyl (C=O) groups excluding carboxylic acids is 2. The summed E-state index contributed by atoms with van der Waals surface area (Å²) in [5, 5.41) is 11.3. The number of nitrogens with one attached hydrogen (secondary N) is 3. The van der Waals surface area contributed by atoms with Crippen LogP contribution >= 0.6 is 0 Å². The number of hydrogen-bond acceptors (Lipinski definition) is 3. The van der Waals surface area contributed by atoms with Crippen LogP contribution in [0.25, 0.3) is 10.8 Å². The second-order valence-electron chi connectivity index (χ2n) is 9.63. The number of carbonyl (C=O) groups is 2. The standard InChI is InChI=1S/C19H28BN3O2.C12H12.C2H6/c1-3-16(2)22-12-7-10-19(11-13-21-15-24)18(25)23-14-20(19)17-8-5-4-6-9-17;1-2-10-7-5-8-11-6-3-4-9-12(10)11;1-2/h4-6,8-9,15,22H,2-3,7,10-14H2,1H3,(H,21,24)(H,23,25);3-9H,2H2,1H3;1-2H3. The van der Waals surface area contributed by atoms with E-state index in [1.807, 2.05) is 32.0 Å². The fourth-order valence-corrected chi connectivity index (χ4v) is 5.30. The van der Waals surface area contributed by atoms with Gasteiger partial charge in [0.1, 0.15) is 0 Å². The van der Waals surface area contributed by atoms with Crippen LogP contribution in [0.5, 0.6) is 0 Å². The molecule has 3 aromatic rings. The minimum atomic E-state index is -0.480. The third-order valence-electron chi connectivity index (χ3n) is 7.45. The Hall–Kier alpha value is -3.54. The molecule has 0 bridgehead atoms. The lowest BCUT2D eigenvalue weighted by atomic mass is 9.30. The summed E-state index contributed by atoms with van der Waals surface area (Å²) < 4.78 is 0. The van der Waals surface area contributed by atoms with E-state index in [2.05, 4.69) is 91.0 Å². The van der Waals surface area contributed by atoms with Crippen LogP contribution in [0.4, 0.5) is 0 Å². The molecule has 5 nitrogen and oxygen atoms in total. The van der Waals surface area contributed by atoms with Gasteiger partial charge in [-0.3, -0.25) is 9.59 Å². The number of fused-ring (bicyclic) bond motifs is 1. The monoisotopic (exact) mass is 527 g/mol. The lowest BCUT2D eigenvalue weighted by molar-refractivity contribution is -0.123. The minimum Gasteiger partial charge on any atom is -0.389 e. The van der Waals surface area contributed by atoms with Gasteiger partial charge in [0.15, 0.2) is 0 Å². The van der Waals surface area contributed by atoms with Gasteiger partial charge in [-0.25, -0.2) is 0 Å². The molecule has 0 saturated carbocycles. The molecule has 0 spiro atoms. The molecule has 0 aliphatic carbocycles. The predicted molar refractivity (Wildman–Crippen MR) is 168 cm³/mol. The zero-order valence-electron chi connectivity index (χ0n) is 24.3. The van der Waals surface area contributed by atoms with Crippen LogP contribution in [-0.4, -0.2) is 38.6 Å². The van der Waals surface area contributed by atoms with Crippen LogP contribution in [-0.2, 0) is 16.0 Å². The van der Waals surface area contributed by atoms with E-state index in [1.54, 1.807) is 0 Å². The van der Waals surface area contributed by atoms with Crippen molar-refractivity contribution in [2.24, 2.45) is 0 Å². The van der Waals surface area contributed by atoms with Gasteiger partial charge in [-0.05, 0) is 48.4 Å². The van der Waals surface area contributed by atoms with Crippen LogP contribution in [0.3, 0.4) is 0 Å². The summed E-state index contributed by atoms with van der Waals surface area (Å²) in [4.78, 5) is 23.4. The van der Waals surface area contributed by atoms with E-state index in [9.17, 15) is 9.59 Å². The molecule has 0 radical (unpaired) electrons. The Bertz CT molecular complexity index is 1160. The maximum Gasteiger partial charge on any atom is 0.218 e. The zero-order valence-corrected chi connectivity index (χ0v) is 24.3. The van der Waals surface area contributed by atoms with Gasteiger partial charge in [-0.2, -0.15) is 0 Å². The molecule has 1 aliphatic rings. The number of benzene rings is 3. The number of rotatable bonds is 12. The van der Waals surface area contributed by atoms with Gasteiger partial charge >= 0.3 is 0 Å². The predicted octanol–water partition coefficient (Wildman–Crippen LogP) is 5.66. The number of hydrogen-bond donors (Lipinski definition) is 3. The van der Waals surface area contributed by atoms with E-state index in [1.165, 1.54) is 21.8 Å². The number of allylic oxidation sites excluding steroid dienone is 1. The third-order valence-corrected chi connectivity index (χ3v) is 7.45. The van der Waals surface area contributed by atoms with Crippen molar-refractivity contribution >= 4 is 35.3 Å². The largest absolute Gasteiger partial charge is 0.389 e. The lowest BCUT2D eigenvalue weighted by Gasteiger charge is -2.31. The first-order valence-corrected chi connectivity index (χ1v) is 14.4. The zero-order chi connectivity index (χ0) is 28.5. The Balaban J connectivity index is 0.000000315. The van der Waals surface area contributed by atoms with Gasteiger partial charge in [-0.1, -0.05) is 113 Å². The van der Waals surface area contributed by atoms with Crippen molar-refractivity contribution in [1.82, 2.24) is 16.0 Å². The normalized spacial score (nSPS) is 15.8. The second kappa shape index (κ2) is 17.1. The molecule has 3 N–H and O–H groups in total. The quantitative estimate of drug-likeness (QED) is 0.162. The van der Waals surface area contributed by atoms with E-state index in [0.717, 1.165) is 37.9 Å². The first-order chi connectivity index (χ1) is 19.1. The molecule has 6 heteroatoms. The maximum atomic E-state index is 12.8.